The summed E-state index contributed by atoms with van der Waals surface area (Å²) in [6.07, 6.45) is 1.62. The fourth-order valence-electron chi connectivity index (χ4n) is 1.72. The first kappa shape index (κ1) is 16.5. The van der Waals surface area contributed by atoms with Gasteiger partial charge in [0, 0.05) is 0 Å². The molecule has 0 fully saturated rings. The van der Waals surface area contributed by atoms with E-state index in [1.165, 1.54) is 30.5 Å². The minimum atomic E-state index is -0.351. The highest BCUT2D eigenvalue weighted by Gasteiger charge is 2.06. The first-order chi connectivity index (χ1) is 11.1. The molecule has 0 atom stereocenters. The summed E-state index contributed by atoms with van der Waals surface area (Å²) in [5, 5.41) is 5.10. The van der Waals surface area contributed by atoms with Gasteiger partial charge in [0.25, 0.3) is 0 Å². The molecule has 2 rings (SSSR count). The Morgan fingerprint density at radius 2 is 1.87 bits per heavy atom. The van der Waals surface area contributed by atoms with E-state index in [1.807, 2.05) is 0 Å². The number of benzene rings is 1. The first-order valence-corrected chi connectivity index (χ1v) is 7.07. The standard InChI is InChI=1S/C16H17FN2O4/c17-12-3-5-13(6-4-12)23-9-7-15(20)19-11-16(21)18-10-14-2-1-8-22-14/h1-6,8H,7,9-11H2,(H,18,21)(H,19,20). The Kier molecular flexibility index (Phi) is 6.17. The van der Waals surface area contributed by atoms with Crippen molar-refractivity contribution in [1.29, 1.82) is 0 Å². The van der Waals surface area contributed by atoms with Gasteiger partial charge in [-0.1, -0.05) is 0 Å². The van der Waals surface area contributed by atoms with Crippen molar-refractivity contribution in [1.82, 2.24) is 10.6 Å². The van der Waals surface area contributed by atoms with Gasteiger partial charge in [-0.3, -0.25) is 9.59 Å². The Bertz CT molecular complexity index is 626. The summed E-state index contributed by atoms with van der Waals surface area (Å²) in [4.78, 5) is 23.1. The van der Waals surface area contributed by atoms with E-state index in [9.17, 15) is 14.0 Å². The Morgan fingerprint density at radius 1 is 1.09 bits per heavy atom. The fraction of sp³-hybridized carbons (Fsp3) is 0.250. The fourth-order valence-corrected chi connectivity index (χ4v) is 1.72. The number of carbonyl (C=O) groups is 2. The third kappa shape index (κ3) is 6.21. The normalized spacial score (nSPS) is 10.1. The van der Waals surface area contributed by atoms with Gasteiger partial charge in [0.15, 0.2) is 0 Å². The zero-order valence-electron chi connectivity index (χ0n) is 12.4. The van der Waals surface area contributed by atoms with Gasteiger partial charge in [-0.15, -0.1) is 0 Å². The average Bonchev–Trinajstić information content (AvgIpc) is 3.06. The number of carbonyl (C=O) groups excluding carboxylic acids is 2. The lowest BCUT2D eigenvalue weighted by molar-refractivity contribution is -0.126. The van der Waals surface area contributed by atoms with Crippen molar-refractivity contribution in [3.8, 4) is 5.75 Å². The highest BCUT2D eigenvalue weighted by atomic mass is 19.1. The molecule has 1 aromatic heterocycles. The molecule has 0 unspecified atom stereocenters. The molecule has 0 spiro atoms. The molecule has 0 radical (unpaired) electrons. The molecule has 7 heteroatoms. The molecule has 2 aromatic rings. The Hall–Kier alpha value is -2.83. The number of nitrogens with one attached hydrogen (secondary N) is 2. The highest BCUT2D eigenvalue weighted by Crippen LogP contribution is 2.10. The van der Waals surface area contributed by atoms with Crippen LogP contribution < -0.4 is 15.4 Å². The van der Waals surface area contributed by atoms with Gasteiger partial charge in [-0.05, 0) is 36.4 Å². The minimum absolute atomic E-state index is 0.100. The van der Waals surface area contributed by atoms with Crippen molar-refractivity contribution in [2.24, 2.45) is 0 Å². The van der Waals surface area contributed by atoms with E-state index in [-0.39, 0.29) is 43.7 Å². The van der Waals surface area contributed by atoms with Crippen LogP contribution in [-0.2, 0) is 16.1 Å². The summed E-state index contributed by atoms with van der Waals surface area (Å²) in [6, 6.07) is 8.98. The van der Waals surface area contributed by atoms with Crippen molar-refractivity contribution < 1.29 is 23.1 Å². The SMILES string of the molecule is O=C(CCOc1ccc(F)cc1)NCC(=O)NCc1ccco1. The second-order valence-electron chi connectivity index (χ2n) is 4.69. The zero-order chi connectivity index (χ0) is 16.5. The molecule has 2 amide bonds. The van der Waals surface area contributed by atoms with Crippen LogP contribution in [0.2, 0.25) is 0 Å². The molecule has 6 nitrogen and oxygen atoms in total. The lowest BCUT2D eigenvalue weighted by Crippen LogP contribution is -2.37. The molecule has 0 bridgehead atoms. The number of amides is 2. The van der Waals surface area contributed by atoms with Crippen LogP contribution in [-0.4, -0.2) is 25.0 Å². The second-order valence-corrected chi connectivity index (χ2v) is 4.69. The van der Waals surface area contributed by atoms with Crippen molar-refractivity contribution in [2.45, 2.75) is 13.0 Å². The molecule has 0 aliphatic heterocycles. The molecule has 1 aromatic carbocycles. The largest absolute Gasteiger partial charge is 0.493 e. The van der Waals surface area contributed by atoms with Crippen LogP contribution in [0.4, 0.5) is 4.39 Å². The summed E-state index contributed by atoms with van der Waals surface area (Å²) >= 11 is 0. The maximum absolute atomic E-state index is 12.7. The van der Waals surface area contributed by atoms with Gasteiger partial charge in [0.1, 0.15) is 17.3 Å². The third-order valence-corrected chi connectivity index (χ3v) is 2.90. The van der Waals surface area contributed by atoms with E-state index in [0.29, 0.717) is 11.5 Å². The summed E-state index contributed by atoms with van der Waals surface area (Å²) in [5.74, 6) is 0.151. The number of hydrogen-bond donors (Lipinski definition) is 2. The van der Waals surface area contributed by atoms with Gasteiger partial charge < -0.3 is 19.8 Å². The molecule has 2 N–H and O–H groups in total. The third-order valence-electron chi connectivity index (χ3n) is 2.90. The Morgan fingerprint density at radius 3 is 2.57 bits per heavy atom. The average molecular weight is 320 g/mol. The van der Waals surface area contributed by atoms with E-state index in [2.05, 4.69) is 10.6 Å². The van der Waals surface area contributed by atoms with Crippen LogP contribution in [0.3, 0.4) is 0 Å². The maximum Gasteiger partial charge on any atom is 0.239 e. The van der Waals surface area contributed by atoms with E-state index < -0.39 is 0 Å². The van der Waals surface area contributed by atoms with Crippen LogP contribution >= 0.6 is 0 Å². The predicted molar refractivity (Wildman–Crippen MR) is 80.1 cm³/mol. The Labute approximate surface area is 132 Å². The highest BCUT2D eigenvalue weighted by molar-refractivity contribution is 5.84. The van der Waals surface area contributed by atoms with Gasteiger partial charge in [-0.25, -0.2) is 4.39 Å². The molecule has 122 valence electrons. The lowest BCUT2D eigenvalue weighted by Gasteiger charge is -2.07. The molecule has 23 heavy (non-hydrogen) atoms. The smallest absolute Gasteiger partial charge is 0.239 e. The maximum atomic E-state index is 12.7. The lowest BCUT2D eigenvalue weighted by atomic mass is 10.3. The molecule has 0 saturated heterocycles. The topological polar surface area (TPSA) is 80.6 Å². The predicted octanol–water partition coefficient (Wildman–Crippen LogP) is 1.62. The van der Waals surface area contributed by atoms with Gasteiger partial charge >= 0.3 is 0 Å². The first-order valence-electron chi connectivity index (χ1n) is 7.07. The zero-order valence-corrected chi connectivity index (χ0v) is 12.4. The molecule has 1 heterocycles. The van der Waals surface area contributed by atoms with Gasteiger partial charge in [-0.2, -0.15) is 0 Å². The van der Waals surface area contributed by atoms with Crippen LogP contribution in [0.5, 0.6) is 5.75 Å². The molecular formula is C16H17FN2O4. The summed E-state index contributed by atoms with van der Waals surface area (Å²) < 4.78 is 23.1. The van der Waals surface area contributed by atoms with Gasteiger partial charge in [0.05, 0.1) is 32.4 Å². The molecule has 0 aliphatic rings. The van der Waals surface area contributed by atoms with Crippen molar-refractivity contribution in [3.05, 3.63) is 54.2 Å². The minimum Gasteiger partial charge on any atom is -0.493 e. The molecular weight excluding hydrogens is 303 g/mol. The van der Waals surface area contributed by atoms with E-state index >= 15 is 0 Å². The number of ether oxygens (including phenoxy) is 1. The summed E-state index contributed by atoms with van der Waals surface area (Å²) in [6.45, 7) is 0.303. The van der Waals surface area contributed by atoms with Crippen molar-refractivity contribution in [2.75, 3.05) is 13.2 Å². The summed E-state index contributed by atoms with van der Waals surface area (Å²) in [7, 11) is 0. The Balaban J connectivity index is 1.57. The molecule has 0 saturated carbocycles. The van der Waals surface area contributed by atoms with Crippen LogP contribution in [0.1, 0.15) is 12.2 Å². The van der Waals surface area contributed by atoms with Gasteiger partial charge in [0.2, 0.25) is 11.8 Å². The van der Waals surface area contributed by atoms with E-state index in [1.54, 1.807) is 12.1 Å². The van der Waals surface area contributed by atoms with Crippen LogP contribution in [0, 0.1) is 5.82 Å². The van der Waals surface area contributed by atoms with E-state index in [0.717, 1.165) is 0 Å². The number of furan rings is 1. The number of hydrogen-bond acceptors (Lipinski definition) is 4. The monoisotopic (exact) mass is 320 g/mol. The van der Waals surface area contributed by atoms with Crippen LogP contribution in [0.25, 0.3) is 0 Å². The molecule has 0 aliphatic carbocycles. The second kappa shape index (κ2) is 8.57. The van der Waals surface area contributed by atoms with Crippen LogP contribution in [0.15, 0.2) is 47.1 Å². The number of halogens is 1. The van der Waals surface area contributed by atoms with Crippen molar-refractivity contribution in [3.63, 3.8) is 0 Å². The van der Waals surface area contributed by atoms with E-state index in [4.69, 9.17) is 9.15 Å². The van der Waals surface area contributed by atoms with Crippen molar-refractivity contribution >= 4 is 11.8 Å². The number of rotatable bonds is 8. The quantitative estimate of drug-likeness (QED) is 0.774. The summed E-state index contributed by atoms with van der Waals surface area (Å²) in [5.41, 5.74) is 0.